The Morgan fingerprint density at radius 2 is 1.97 bits per heavy atom. The molecule has 0 bridgehead atoms. The number of rotatable bonds is 5. The van der Waals surface area contributed by atoms with E-state index in [1.807, 2.05) is 6.07 Å². The minimum atomic E-state index is -0.308. The van der Waals surface area contributed by atoms with Crippen molar-refractivity contribution in [3.63, 3.8) is 0 Å². The van der Waals surface area contributed by atoms with Crippen molar-refractivity contribution in [3.8, 4) is 24.0 Å². The lowest BCUT2D eigenvalue weighted by molar-refractivity contribution is -0.120. The zero-order valence-electron chi connectivity index (χ0n) is 16.8. The highest BCUT2D eigenvalue weighted by Crippen LogP contribution is 2.42. The lowest BCUT2D eigenvalue weighted by Crippen LogP contribution is -2.25. The Labute approximate surface area is 178 Å². The van der Waals surface area contributed by atoms with Crippen molar-refractivity contribution in [3.05, 3.63) is 65.2 Å². The van der Waals surface area contributed by atoms with Gasteiger partial charge in [-0.15, -0.1) is 6.42 Å². The number of amides is 1. The lowest BCUT2D eigenvalue weighted by Gasteiger charge is -2.12. The molecule has 0 aliphatic carbocycles. The SMILES string of the molecule is C#CCNC(=O)Cc1c2cc(Cc3ccc(F)cc3)cnc2c(O)c2c(O)n(C)cc12. The molecule has 156 valence electrons. The molecule has 4 aromatic rings. The molecule has 6 nitrogen and oxygen atoms in total. The molecule has 0 fully saturated rings. The molecule has 2 heterocycles. The van der Waals surface area contributed by atoms with Gasteiger partial charge in [-0.1, -0.05) is 18.1 Å². The second-order valence-corrected chi connectivity index (χ2v) is 7.38. The Hall–Kier alpha value is -4.05. The van der Waals surface area contributed by atoms with Crippen molar-refractivity contribution in [2.75, 3.05) is 6.54 Å². The van der Waals surface area contributed by atoms with Crippen molar-refractivity contribution in [2.45, 2.75) is 12.8 Å². The minimum absolute atomic E-state index is 0.0000941. The Kier molecular flexibility index (Phi) is 5.22. The van der Waals surface area contributed by atoms with E-state index < -0.39 is 0 Å². The van der Waals surface area contributed by atoms with Gasteiger partial charge >= 0.3 is 0 Å². The number of nitrogens with zero attached hydrogens (tertiary/aromatic N) is 2. The molecule has 0 spiro atoms. The average Bonchev–Trinajstić information content (AvgIpc) is 3.05. The first kappa shape index (κ1) is 20.2. The van der Waals surface area contributed by atoms with Gasteiger partial charge in [-0.25, -0.2) is 4.39 Å². The topological polar surface area (TPSA) is 87.4 Å². The number of pyridine rings is 1. The molecule has 0 saturated heterocycles. The smallest absolute Gasteiger partial charge is 0.225 e. The number of terminal acetylenes is 1. The maximum Gasteiger partial charge on any atom is 0.225 e. The third kappa shape index (κ3) is 3.76. The molecule has 0 aliphatic rings. The Morgan fingerprint density at radius 1 is 1.23 bits per heavy atom. The van der Waals surface area contributed by atoms with E-state index in [0.717, 1.165) is 11.1 Å². The van der Waals surface area contributed by atoms with Crippen molar-refractivity contribution in [2.24, 2.45) is 7.05 Å². The molecule has 2 aromatic carbocycles. The van der Waals surface area contributed by atoms with Crippen LogP contribution in [-0.2, 0) is 24.7 Å². The summed E-state index contributed by atoms with van der Waals surface area (Å²) in [6, 6.07) is 8.05. The number of nitrogens with one attached hydrogen (secondary N) is 1. The van der Waals surface area contributed by atoms with E-state index in [2.05, 4.69) is 16.2 Å². The number of hydrogen-bond donors (Lipinski definition) is 3. The van der Waals surface area contributed by atoms with Gasteiger partial charge < -0.3 is 20.1 Å². The number of benzene rings is 2. The van der Waals surface area contributed by atoms with Crippen molar-refractivity contribution >= 4 is 27.6 Å². The lowest BCUT2D eigenvalue weighted by atomic mass is 9.96. The maximum absolute atomic E-state index is 13.2. The highest BCUT2D eigenvalue weighted by molar-refractivity contribution is 6.10. The standard InChI is InChI=1S/C24H20FN3O3/c1-3-8-26-20(29)11-17-18-10-15(9-14-4-6-16(25)7-5-14)12-27-22(18)23(30)21-19(17)13-28(2)24(21)31/h1,4-7,10,12-13,30-31H,8-9,11H2,2H3,(H,26,29). The number of phenols is 1. The zero-order valence-corrected chi connectivity index (χ0v) is 16.8. The van der Waals surface area contributed by atoms with E-state index in [1.54, 1.807) is 31.6 Å². The van der Waals surface area contributed by atoms with Crippen LogP contribution in [0.3, 0.4) is 0 Å². The number of halogens is 1. The molecule has 31 heavy (non-hydrogen) atoms. The summed E-state index contributed by atoms with van der Waals surface area (Å²) < 4.78 is 14.7. The second kappa shape index (κ2) is 8.00. The van der Waals surface area contributed by atoms with Gasteiger partial charge in [-0.05, 0) is 41.3 Å². The number of fused-ring (bicyclic) bond motifs is 2. The van der Waals surface area contributed by atoms with Gasteiger partial charge in [0.25, 0.3) is 0 Å². The molecule has 0 saturated carbocycles. The van der Waals surface area contributed by atoms with E-state index in [9.17, 15) is 19.4 Å². The van der Waals surface area contributed by atoms with Gasteiger partial charge in [-0.3, -0.25) is 9.78 Å². The van der Waals surface area contributed by atoms with Crippen molar-refractivity contribution in [1.29, 1.82) is 0 Å². The van der Waals surface area contributed by atoms with E-state index >= 15 is 0 Å². The molecule has 4 rings (SSSR count). The van der Waals surface area contributed by atoms with Gasteiger partial charge in [0.05, 0.1) is 18.4 Å². The largest absolute Gasteiger partial charge is 0.505 e. The molecule has 0 aliphatic heterocycles. The van der Waals surface area contributed by atoms with Crippen LogP contribution in [0.4, 0.5) is 4.39 Å². The Morgan fingerprint density at radius 3 is 2.68 bits per heavy atom. The van der Waals surface area contributed by atoms with Gasteiger partial charge in [0, 0.05) is 30.2 Å². The quantitative estimate of drug-likeness (QED) is 0.436. The predicted octanol–water partition coefficient (Wildman–Crippen LogP) is 3.16. The fourth-order valence-corrected chi connectivity index (χ4v) is 3.77. The van der Waals surface area contributed by atoms with Crippen LogP contribution in [0.2, 0.25) is 0 Å². The van der Waals surface area contributed by atoms with Crippen LogP contribution in [0.15, 0.2) is 42.7 Å². The summed E-state index contributed by atoms with van der Waals surface area (Å²) >= 11 is 0. The predicted molar refractivity (Wildman–Crippen MR) is 116 cm³/mol. The summed E-state index contributed by atoms with van der Waals surface area (Å²) in [7, 11) is 1.65. The molecule has 0 unspecified atom stereocenters. The number of aryl methyl sites for hydroxylation is 1. The molecule has 3 N–H and O–H groups in total. The van der Waals surface area contributed by atoms with Gasteiger partial charge in [0.1, 0.15) is 11.3 Å². The first-order valence-corrected chi connectivity index (χ1v) is 9.64. The van der Waals surface area contributed by atoms with E-state index in [0.29, 0.717) is 22.8 Å². The molecular formula is C24H20FN3O3. The zero-order chi connectivity index (χ0) is 22.1. The normalized spacial score (nSPS) is 11.0. The number of aromatic hydroxyl groups is 2. The van der Waals surface area contributed by atoms with Crippen molar-refractivity contribution in [1.82, 2.24) is 14.9 Å². The summed E-state index contributed by atoms with van der Waals surface area (Å²) in [5, 5.41) is 25.3. The molecule has 0 radical (unpaired) electrons. The van der Waals surface area contributed by atoms with Crippen LogP contribution in [0, 0.1) is 18.2 Å². The van der Waals surface area contributed by atoms with Crippen molar-refractivity contribution < 1.29 is 19.4 Å². The van der Waals surface area contributed by atoms with Gasteiger partial charge in [0.2, 0.25) is 11.8 Å². The summed E-state index contributed by atoms with van der Waals surface area (Å²) in [4.78, 5) is 16.9. The van der Waals surface area contributed by atoms with Crippen LogP contribution >= 0.6 is 0 Å². The highest BCUT2D eigenvalue weighted by atomic mass is 19.1. The summed E-state index contributed by atoms with van der Waals surface area (Å²) in [6.45, 7) is 0.103. The van der Waals surface area contributed by atoms with Crippen LogP contribution < -0.4 is 5.32 Å². The van der Waals surface area contributed by atoms with Crippen LogP contribution in [0.1, 0.15) is 16.7 Å². The number of carbonyl (C=O) groups excluding carboxylic acids is 1. The fraction of sp³-hybridized carbons (Fsp3) is 0.167. The Bertz CT molecular complexity index is 1350. The van der Waals surface area contributed by atoms with Gasteiger partial charge in [0.15, 0.2) is 5.75 Å². The summed E-state index contributed by atoms with van der Waals surface area (Å²) in [5.74, 6) is 1.52. The first-order valence-electron chi connectivity index (χ1n) is 9.64. The molecular weight excluding hydrogens is 397 g/mol. The minimum Gasteiger partial charge on any atom is -0.505 e. The molecule has 2 aromatic heterocycles. The third-order valence-corrected chi connectivity index (χ3v) is 5.25. The maximum atomic E-state index is 13.2. The Balaban J connectivity index is 1.88. The van der Waals surface area contributed by atoms with Gasteiger partial charge in [-0.2, -0.15) is 0 Å². The van der Waals surface area contributed by atoms with Crippen LogP contribution in [0.25, 0.3) is 21.7 Å². The summed E-state index contributed by atoms with van der Waals surface area (Å²) in [6.07, 6.45) is 9.03. The fourth-order valence-electron chi connectivity index (χ4n) is 3.77. The highest BCUT2D eigenvalue weighted by Gasteiger charge is 2.22. The number of carbonyl (C=O) groups is 1. The first-order chi connectivity index (χ1) is 14.9. The number of phenolic OH excluding ortho intramolecular Hbond substituents is 1. The molecule has 7 heteroatoms. The monoisotopic (exact) mass is 417 g/mol. The number of aromatic nitrogens is 2. The molecule has 1 amide bonds. The number of hydrogen-bond acceptors (Lipinski definition) is 4. The third-order valence-electron chi connectivity index (χ3n) is 5.25. The van der Waals surface area contributed by atoms with E-state index in [1.165, 1.54) is 16.7 Å². The van der Waals surface area contributed by atoms with E-state index in [4.69, 9.17) is 6.42 Å². The summed E-state index contributed by atoms with van der Waals surface area (Å²) in [5.41, 5.74) is 2.65. The average molecular weight is 417 g/mol. The molecule has 0 atom stereocenters. The second-order valence-electron chi connectivity index (χ2n) is 7.38. The van der Waals surface area contributed by atoms with Crippen LogP contribution in [-0.4, -0.2) is 32.2 Å². The van der Waals surface area contributed by atoms with E-state index in [-0.39, 0.29) is 47.2 Å². The van der Waals surface area contributed by atoms with Crippen LogP contribution in [0.5, 0.6) is 11.6 Å².